The van der Waals surface area contributed by atoms with Crippen LogP contribution in [0.2, 0.25) is 5.15 Å². The molecule has 0 saturated carbocycles. The largest absolute Gasteiger partial charge is 0.309 e. The predicted molar refractivity (Wildman–Crippen MR) is 63.5 cm³/mol. The summed E-state index contributed by atoms with van der Waals surface area (Å²) in [5.41, 5.74) is -0.482. The average Bonchev–Trinajstić information content (AvgIpc) is 2.66. The van der Waals surface area contributed by atoms with Crippen molar-refractivity contribution in [2.24, 2.45) is 0 Å². The number of hydrogen-bond donors (Lipinski definition) is 2. The molecule has 1 aromatic heterocycles. The first-order valence-electron chi connectivity index (χ1n) is 5.29. The van der Waals surface area contributed by atoms with E-state index in [-0.39, 0.29) is 5.91 Å². The zero-order chi connectivity index (χ0) is 11.6. The molecule has 1 amide bonds. The smallest absolute Gasteiger partial charge is 0.245 e. The Bertz CT molecular complexity index is 402. The van der Waals surface area contributed by atoms with Crippen molar-refractivity contribution < 1.29 is 4.79 Å². The fraction of sp³-hybridized carbons (Fsp3) is 0.455. The minimum absolute atomic E-state index is 0.0558. The molecule has 5 heteroatoms. The van der Waals surface area contributed by atoms with Gasteiger partial charge in [0.2, 0.25) is 5.91 Å². The second kappa shape index (κ2) is 4.39. The third-order valence-electron chi connectivity index (χ3n) is 2.83. The minimum atomic E-state index is -0.482. The molecule has 1 atom stereocenters. The zero-order valence-electron chi connectivity index (χ0n) is 9.09. The van der Waals surface area contributed by atoms with Crippen LogP contribution in [0.4, 0.5) is 5.82 Å². The van der Waals surface area contributed by atoms with Crippen molar-refractivity contribution in [3.8, 4) is 0 Å². The maximum absolute atomic E-state index is 12.0. The van der Waals surface area contributed by atoms with Crippen molar-refractivity contribution in [1.82, 2.24) is 10.3 Å². The highest BCUT2D eigenvalue weighted by Gasteiger charge is 2.35. The summed E-state index contributed by atoms with van der Waals surface area (Å²) < 4.78 is 0. The van der Waals surface area contributed by atoms with Crippen molar-refractivity contribution in [2.45, 2.75) is 25.3 Å². The van der Waals surface area contributed by atoms with Crippen molar-refractivity contribution in [1.29, 1.82) is 0 Å². The van der Waals surface area contributed by atoms with Crippen LogP contribution < -0.4 is 10.6 Å². The molecular weight excluding hydrogens is 226 g/mol. The monoisotopic (exact) mass is 239 g/mol. The summed E-state index contributed by atoms with van der Waals surface area (Å²) in [5, 5.41) is 6.34. The number of hydrogen-bond acceptors (Lipinski definition) is 3. The minimum Gasteiger partial charge on any atom is -0.309 e. The summed E-state index contributed by atoms with van der Waals surface area (Å²) in [6.45, 7) is 2.78. The SMILES string of the molecule is CC1(C(=O)Nc2cccc(Cl)n2)CCCN1. The Labute approximate surface area is 99.4 Å². The van der Waals surface area contributed by atoms with Gasteiger partial charge in [-0.2, -0.15) is 0 Å². The topological polar surface area (TPSA) is 54.0 Å². The van der Waals surface area contributed by atoms with E-state index < -0.39 is 5.54 Å². The molecule has 1 aliphatic heterocycles. The molecule has 0 spiro atoms. The number of anilines is 1. The van der Waals surface area contributed by atoms with E-state index in [1.54, 1.807) is 18.2 Å². The molecular formula is C11H14ClN3O. The molecule has 1 aliphatic rings. The van der Waals surface area contributed by atoms with E-state index in [1.165, 1.54) is 0 Å². The van der Waals surface area contributed by atoms with Gasteiger partial charge in [0.25, 0.3) is 0 Å². The van der Waals surface area contributed by atoms with Crippen LogP contribution in [-0.2, 0) is 4.79 Å². The molecule has 2 heterocycles. The normalized spacial score (nSPS) is 24.4. The van der Waals surface area contributed by atoms with E-state index in [4.69, 9.17) is 11.6 Å². The molecule has 0 bridgehead atoms. The van der Waals surface area contributed by atoms with Gasteiger partial charge >= 0.3 is 0 Å². The third kappa shape index (κ3) is 2.33. The van der Waals surface area contributed by atoms with Crippen LogP contribution in [-0.4, -0.2) is 23.0 Å². The highest BCUT2D eigenvalue weighted by Crippen LogP contribution is 2.20. The number of halogens is 1. The van der Waals surface area contributed by atoms with E-state index in [9.17, 15) is 4.79 Å². The van der Waals surface area contributed by atoms with Gasteiger partial charge in [-0.3, -0.25) is 4.79 Å². The summed E-state index contributed by atoms with van der Waals surface area (Å²) in [6.07, 6.45) is 1.87. The first-order valence-corrected chi connectivity index (χ1v) is 5.67. The van der Waals surface area contributed by atoms with Crippen LogP contribution in [0.25, 0.3) is 0 Å². The number of amides is 1. The lowest BCUT2D eigenvalue weighted by molar-refractivity contribution is -0.121. The first kappa shape index (κ1) is 11.4. The van der Waals surface area contributed by atoms with Gasteiger partial charge in [0.1, 0.15) is 11.0 Å². The van der Waals surface area contributed by atoms with Crippen LogP contribution >= 0.6 is 11.6 Å². The van der Waals surface area contributed by atoms with Crippen LogP contribution in [0.3, 0.4) is 0 Å². The Morgan fingerprint density at radius 3 is 3.06 bits per heavy atom. The molecule has 4 nitrogen and oxygen atoms in total. The highest BCUT2D eigenvalue weighted by atomic mass is 35.5. The fourth-order valence-electron chi connectivity index (χ4n) is 1.82. The van der Waals surface area contributed by atoms with Crippen LogP contribution in [0, 0.1) is 0 Å². The van der Waals surface area contributed by atoms with Crippen LogP contribution in [0.1, 0.15) is 19.8 Å². The molecule has 2 N–H and O–H groups in total. The van der Waals surface area contributed by atoms with Crippen molar-refractivity contribution >= 4 is 23.3 Å². The number of carbonyl (C=O) groups excluding carboxylic acids is 1. The summed E-state index contributed by atoms with van der Waals surface area (Å²) in [6, 6.07) is 5.16. The molecule has 0 aliphatic carbocycles. The third-order valence-corrected chi connectivity index (χ3v) is 3.04. The van der Waals surface area contributed by atoms with Crippen molar-refractivity contribution in [3.05, 3.63) is 23.4 Å². The van der Waals surface area contributed by atoms with Gasteiger partial charge in [-0.15, -0.1) is 0 Å². The van der Waals surface area contributed by atoms with Gasteiger partial charge in [-0.05, 0) is 38.4 Å². The number of nitrogens with one attached hydrogen (secondary N) is 2. The number of pyridine rings is 1. The van der Waals surface area contributed by atoms with Crippen molar-refractivity contribution in [3.63, 3.8) is 0 Å². The first-order chi connectivity index (χ1) is 7.60. The molecule has 1 aromatic rings. The summed E-state index contributed by atoms with van der Waals surface area (Å²) in [4.78, 5) is 16.0. The Balaban J connectivity index is 2.07. The molecule has 0 aromatic carbocycles. The van der Waals surface area contributed by atoms with E-state index in [1.807, 2.05) is 6.92 Å². The summed E-state index contributed by atoms with van der Waals surface area (Å²) >= 11 is 5.74. The van der Waals surface area contributed by atoms with Crippen LogP contribution in [0.15, 0.2) is 18.2 Å². The van der Waals surface area contributed by atoms with E-state index in [0.717, 1.165) is 19.4 Å². The zero-order valence-corrected chi connectivity index (χ0v) is 9.84. The lowest BCUT2D eigenvalue weighted by Crippen LogP contribution is -2.48. The van der Waals surface area contributed by atoms with Gasteiger partial charge in [0, 0.05) is 0 Å². The molecule has 2 rings (SSSR count). The lowest BCUT2D eigenvalue weighted by Gasteiger charge is -2.22. The molecule has 86 valence electrons. The van der Waals surface area contributed by atoms with Gasteiger partial charge in [0.05, 0.1) is 5.54 Å². The Morgan fingerprint density at radius 1 is 1.62 bits per heavy atom. The van der Waals surface area contributed by atoms with Gasteiger partial charge < -0.3 is 10.6 Å². The molecule has 16 heavy (non-hydrogen) atoms. The fourth-order valence-corrected chi connectivity index (χ4v) is 1.98. The average molecular weight is 240 g/mol. The summed E-state index contributed by atoms with van der Waals surface area (Å²) in [7, 11) is 0. The Kier molecular flexibility index (Phi) is 3.12. The number of carbonyl (C=O) groups is 1. The number of aromatic nitrogens is 1. The Morgan fingerprint density at radius 2 is 2.44 bits per heavy atom. The van der Waals surface area contributed by atoms with E-state index >= 15 is 0 Å². The van der Waals surface area contributed by atoms with E-state index in [2.05, 4.69) is 15.6 Å². The Hall–Kier alpha value is -1.13. The van der Waals surface area contributed by atoms with Crippen molar-refractivity contribution in [2.75, 3.05) is 11.9 Å². The molecule has 1 unspecified atom stereocenters. The molecule has 1 fully saturated rings. The quantitative estimate of drug-likeness (QED) is 0.774. The summed E-state index contributed by atoms with van der Waals surface area (Å²) in [5.74, 6) is 0.437. The second-order valence-corrected chi connectivity index (χ2v) is 4.55. The van der Waals surface area contributed by atoms with Gasteiger partial charge in [-0.25, -0.2) is 4.98 Å². The lowest BCUT2D eigenvalue weighted by atomic mass is 9.99. The highest BCUT2D eigenvalue weighted by molar-refractivity contribution is 6.29. The molecule has 1 saturated heterocycles. The van der Waals surface area contributed by atoms with Gasteiger partial charge in [-0.1, -0.05) is 17.7 Å². The maximum Gasteiger partial charge on any atom is 0.245 e. The number of nitrogens with zero attached hydrogens (tertiary/aromatic N) is 1. The standard InChI is InChI=1S/C11H14ClN3O/c1-11(6-3-7-13-11)10(16)15-9-5-2-4-8(12)14-9/h2,4-5,13H,3,6-7H2,1H3,(H,14,15,16). The number of rotatable bonds is 2. The van der Waals surface area contributed by atoms with Crippen LogP contribution in [0.5, 0.6) is 0 Å². The van der Waals surface area contributed by atoms with Gasteiger partial charge in [0.15, 0.2) is 0 Å². The maximum atomic E-state index is 12.0. The van der Waals surface area contributed by atoms with E-state index in [0.29, 0.717) is 11.0 Å². The molecule has 0 radical (unpaired) electrons. The second-order valence-electron chi connectivity index (χ2n) is 4.16. The predicted octanol–water partition coefficient (Wildman–Crippen LogP) is 1.82.